The second-order valence-corrected chi connectivity index (χ2v) is 6.51. The Morgan fingerprint density at radius 1 is 1.25 bits per heavy atom. The number of carbonyl (C=O) groups is 1. The van der Waals surface area contributed by atoms with Crippen LogP contribution in [0.5, 0.6) is 0 Å². The Kier molecular flexibility index (Phi) is 4.81. The molecule has 0 spiro atoms. The first-order valence-corrected chi connectivity index (χ1v) is 7.41. The van der Waals surface area contributed by atoms with Gasteiger partial charge in [-0.25, -0.2) is 4.79 Å². The maximum atomic E-state index is 11.4. The van der Waals surface area contributed by atoms with Gasteiger partial charge >= 0.3 is 5.97 Å². The van der Waals surface area contributed by atoms with Gasteiger partial charge in [-0.1, -0.05) is 26.0 Å². The zero-order valence-electron chi connectivity index (χ0n) is 12.7. The van der Waals surface area contributed by atoms with Crippen LogP contribution in [0.1, 0.15) is 55.5 Å². The molecule has 1 aromatic rings. The van der Waals surface area contributed by atoms with Gasteiger partial charge in [0.15, 0.2) is 0 Å². The van der Waals surface area contributed by atoms with Crippen molar-refractivity contribution >= 4 is 5.97 Å². The van der Waals surface area contributed by atoms with Crippen LogP contribution in [0.15, 0.2) is 24.3 Å². The average Bonchev–Trinajstić information content (AvgIpc) is 2.46. The van der Waals surface area contributed by atoms with E-state index < -0.39 is 0 Å². The number of nitrogens with one attached hydrogen (secondary N) is 1. The fraction of sp³-hybridized carbons (Fsp3) is 0.588. The van der Waals surface area contributed by atoms with Crippen molar-refractivity contribution in [2.45, 2.75) is 52.1 Å². The van der Waals surface area contributed by atoms with Crippen LogP contribution in [0.4, 0.5) is 0 Å². The second-order valence-electron chi connectivity index (χ2n) is 6.51. The van der Waals surface area contributed by atoms with Crippen LogP contribution >= 0.6 is 0 Å². The van der Waals surface area contributed by atoms with E-state index in [9.17, 15) is 4.79 Å². The minimum absolute atomic E-state index is 0.279. The molecule has 110 valence electrons. The number of methoxy groups -OCH3 is 1. The molecule has 2 rings (SSSR count). The predicted molar refractivity (Wildman–Crippen MR) is 80.7 cm³/mol. The largest absolute Gasteiger partial charge is 0.465 e. The summed E-state index contributed by atoms with van der Waals surface area (Å²) in [6, 6.07) is 8.26. The van der Waals surface area contributed by atoms with Crippen LogP contribution in [-0.2, 0) is 11.3 Å². The van der Waals surface area contributed by atoms with Crippen molar-refractivity contribution in [1.29, 1.82) is 0 Å². The Labute approximate surface area is 121 Å². The Bertz CT molecular complexity index is 441. The van der Waals surface area contributed by atoms with E-state index in [1.54, 1.807) is 0 Å². The lowest BCUT2D eigenvalue weighted by Gasteiger charge is -2.34. The number of benzene rings is 1. The minimum atomic E-state index is -0.279. The summed E-state index contributed by atoms with van der Waals surface area (Å²) in [4.78, 5) is 11.4. The van der Waals surface area contributed by atoms with Crippen LogP contribution in [0, 0.1) is 5.41 Å². The maximum absolute atomic E-state index is 11.4. The number of ether oxygens (including phenoxy) is 1. The molecule has 1 fully saturated rings. The Hall–Kier alpha value is -1.35. The third-order valence-electron chi connectivity index (χ3n) is 4.31. The summed E-state index contributed by atoms with van der Waals surface area (Å²) in [5.74, 6) is -0.279. The van der Waals surface area contributed by atoms with E-state index in [2.05, 4.69) is 19.2 Å². The molecule has 1 saturated carbocycles. The Morgan fingerprint density at radius 3 is 2.40 bits per heavy atom. The van der Waals surface area contributed by atoms with Crippen molar-refractivity contribution in [3.05, 3.63) is 35.4 Å². The lowest BCUT2D eigenvalue weighted by molar-refractivity contribution is 0.0600. The van der Waals surface area contributed by atoms with Gasteiger partial charge in [0.2, 0.25) is 0 Å². The fourth-order valence-corrected chi connectivity index (χ4v) is 2.74. The van der Waals surface area contributed by atoms with E-state index in [1.807, 2.05) is 24.3 Å². The monoisotopic (exact) mass is 275 g/mol. The van der Waals surface area contributed by atoms with E-state index in [-0.39, 0.29) is 5.97 Å². The minimum Gasteiger partial charge on any atom is -0.465 e. The first kappa shape index (κ1) is 15.0. The summed E-state index contributed by atoms with van der Waals surface area (Å²) in [5.41, 5.74) is 2.33. The Balaban J connectivity index is 1.81. The van der Waals surface area contributed by atoms with E-state index in [0.717, 1.165) is 6.54 Å². The standard InChI is InChI=1S/C17H25NO2/c1-17(2)10-8-15(9-11-17)18-12-13-4-6-14(7-5-13)16(19)20-3/h4-7,15,18H,8-12H2,1-3H3. The highest BCUT2D eigenvalue weighted by atomic mass is 16.5. The van der Waals surface area contributed by atoms with Gasteiger partial charge in [-0.3, -0.25) is 0 Å². The van der Waals surface area contributed by atoms with Crippen LogP contribution in [-0.4, -0.2) is 19.1 Å². The quantitative estimate of drug-likeness (QED) is 0.854. The van der Waals surface area contributed by atoms with E-state index in [0.29, 0.717) is 17.0 Å². The highest BCUT2D eigenvalue weighted by Gasteiger charge is 2.26. The highest BCUT2D eigenvalue weighted by molar-refractivity contribution is 5.89. The van der Waals surface area contributed by atoms with Gasteiger partial charge < -0.3 is 10.1 Å². The molecular weight excluding hydrogens is 250 g/mol. The third kappa shape index (κ3) is 4.07. The molecule has 20 heavy (non-hydrogen) atoms. The van der Waals surface area contributed by atoms with Crippen molar-refractivity contribution in [3.63, 3.8) is 0 Å². The summed E-state index contributed by atoms with van der Waals surface area (Å²) in [7, 11) is 1.41. The molecule has 0 aliphatic heterocycles. The first-order valence-electron chi connectivity index (χ1n) is 7.41. The van der Waals surface area contributed by atoms with Crippen molar-refractivity contribution < 1.29 is 9.53 Å². The normalized spacial score (nSPS) is 18.8. The van der Waals surface area contributed by atoms with Gasteiger partial charge in [-0.05, 0) is 48.8 Å². The van der Waals surface area contributed by atoms with Gasteiger partial charge in [0, 0.05) is 12.6 Å². The van der Waals surface area contributed by atoms with Crippen LogP contribution < -0.4 is 5.32 Å². The summed E-state index contributed by atoms with van der Waals surface area (Å²) >= 11 is 0. The molecule has 3 nitrogen and oxygen atoms in total. The first-order chi connectivity index (χ1) is 9.50. The smallest absolute Gasteiger partial charge is 0.337 e. The molecule has 0 aromatic heterocycles. The molecule has 1 aliphatic rings. The molecule has 0 bridgehead atoms. The van der Waals surface area contributed by atoms with Gasteiger partial charge in [-0.2, -0.15) is 0 Å². The molecule has 0 unspecified atom stereocenters. The van der Waals surface area contributed by atoms with E-state index in [4.69, 9.17) is 4.74 Å². The molecule has 0 amide bonds. The molecule has 0 saturated heterocycles. The molecule has 0 atom stereocenters. The van der Waals surface area contributed by atoms with Crippen molar-refractivity contribution in [2.75, 3.05) is 7.11 Å². The van der Waals surface area contributed by atoms with E-state index >= 15 is 0 Å². The highest BCUT2D eigenvalue weighted by Crippen LogP contribution is 2.35. The zero-order chi connectivity index (χ0) is 14.6. The van der Waals surface area contributed by atoms with Crippen molar-refractivity contribution in [2.24, 2.45) is 5.41 Å². The summed E-state index contributed by atoms with van der Waals surface area (Å²) in [6.07, 6.45) is 5.11. The molecule has 0 heterocycles. The number of carbonyl (C=O) groups excluding carboxylic acids is 1. The maximum Gasteiger partial charge on any atom is 0.337 e. The fourth-order valence-electron chi connectivity index (χ4n) is 2.74. The molecular formula is C17H25NO2. The van der Waals surface area contributed by atoms with Gasteiger partial charge in [-0.15, -0.1) is 0 Å². The second kappa shape index (κ2) is 6.40. The Morgan fingerprint density at radius 2 is 1.85 bits per heavy atom. The van der Waals surface area contributed by atoms with Crippen molar-refractivity contribution in [1.82, 2.24) is 5.32 Å². The summed E-state index contributed by atoms with van der Waals surface area (Å²) in [6.45, 7) is 5.58. The number of hydrogen-bond donors (Lipinski definition) is 1. The summed E-state index contributed by atoms with van der Waals surface area (Å²) in [5, 5.41) is 3.62. The average molecular weight is 275 g/mol. The molecule has 0 radical (unpaired) electrons. The lowest BCUT2D eigenvalue weighted by Crippen LogP contribution is -2.35. The van der Waals surface area contributed by atoms with Gasteiger partial charge in [0.1, 0.15) is 0 Å². The van der Waals surface area contributed by atoms with Crippen LogP contribution in [0.25, 0.3) is 0 Å². The molecule has 3 heteroatoms. The van der Waals surface area contributed by atoms with E-state index in [1.165, 1.54) is 38.4 Å². The molecule has 1 aliphatic carbocycles. The van der Waals surface area contributed by atoms with Crippen LogP contribution in [0.2, 0.25) is 0 Å². The lowest BCUT2D eigenvalue weighted by atomic mass is 9.75. The van der Waals surface area contributed by atoms with Crippen LogP contribution in [0.3, 0.4) is 0 Å². The SMILES string of the molecule is COC(=O)c1ccc(CNC2CCC(C)(C)CC2)cc1. The topological polar surface area (TPSA) is 38.3 Å². The van der Waals surface area contributed by atoms with Gasteiger partial charge in [0.25, 0.3) is 0 Å². The van der Waals surface area contributed by atoms with Gasteiger partial charge in [0.05, 0.1) is 12.7 Å². The zero-order valence-corrected chi connectivity index (χ0v) is 12.7. The van der Waals surface area contributed by atoms with Crippen molar-refractivity contribution in [3.8, 4) is 0 Å². The number of rotatable bonds is 4. The number of hydrogen-bond acceptors (Lipinski definition) is 3. The molecule has 1 N–H and O–H groups in total. The predicted octanol–water partition coefficient (Wildman–Crippen LogP) is 3.53. The number of esters is 1. The third-order valence-corrected chi connectivity index (χ3v) is 4.31. The summed E-state index contributed by atoms with van der Waals surface area (Å²) < 4.78 is 4.70. The molecule has 1 aromatic carbocycles.